The van der Waals surface area contributed by atoms with Gasteiger partial charge in [-0.05, 0) is 189 Å². The molecule has 0 aliphatic carbocycles. The zero-order valence-electron chi connectivity index (χ0n) is 78.7. The first-order chi connectivity index (χ1) is 64.1. The number of aryl methyl sites for hydroxylation is 11. The van der Waals surface area contributed by atoms with Gasteiger partial charge in [0.25, 0.3) is 0 Å². The number of aromatic nitrogens is 8. The molecule has 0 aliphatic heterocycles. The smallest absolute Gasteiger partial charge is 0.155 e. The van der Waals surface area contributed by atoms with Crippen molar-refractivity contribution in [2.24, 2.45) is 0 Å². The van der Waals surface area contributed by atoms with E-state index in [1.54, 1.807) is 12.4 Å². The molecular weight excluding hydrogens is 2570 g/mol. The molecule has 0 bridgehead atoms. The number of nitrogens with zero attached hydrogens (tertiary/aromatic N) is 8. The van der Waals surface area contributed by atoms with Crippen molar-refractivity contribution in [3.05, 3.63) is 517 Å². The molecule has 11 aromatic carbocycles. The zero-order chi connectivity index (χ0) is 93.2. The van der Waals surface area contributed by atoms with Crippen LogP contribution in [0.25, 0.3) is 123 Å². The van der Waals surface area contributed by atoms with Crippen LogP contribution in [0.3, 0.4) is 0 Å². The summed E-state index contributed by atoms with van der Waals surface area (Å²) in [5.74, 6) is -0.0625. The van der Waals surface area contributed by atoms with Crippen LogP contribution in [-0.4, -0.2) is 50.8 Å². The number of carbonyl (C=O) groups is 1. The molecule has 0 unspecified atom stereocenters. The van der Waals surface area contributed by atoms with Gasteiger partial charge >= 0.3 is 0 Å². The number of hydrogen-bond acceptors (Lipinski definition) is 10. The Morgan fingerprint density at radius 1 is 0.234 bits per heavy atom. The fourth-order valence-electron chi connectivity index (χ4n) is 13.4. The van der Waals surface area contributed by atoms with Crippen molar-refractivity contribution < 1.29 is 110 Å². The first-order valence-corrected chi connectivity index (χ1v) is 43.5. The third-order valence-electron chi connectivity index (χ3n) is 20.0. The Labute approximate surface area is 878 Å². The SMILES string of the molecule is CC(=O)C=C(C)O.Cc1c[c-]c(-c2ccc(C)cn2)cc1.Cc1c[c-]c(-c2ccc(C)cn2)cc1.Cc1c[c-]c(-c2ccc(C)cn2)cc1.Cc1cc(-c2[c-]cccc2)ncc1-c1ccccc1.Cc1cc(C)cc(-c2ccnc(-c3[c-]cccc3)c2)c1.Cc1cc(C)cc(-c2ccnc(-c3[c-]cccc3)c2)c1.[Ir].[Ir].[Ir].[Ir].[Ir].[c-]1ccccc1-c1ccccn1.[c-]1ccccc1-c1ccccn1. The Kier molecular flexibility index (Phi) is 49.8. The van der Waals surface area contributed by atoms with Gasteiger partial charge in [0.05, 0.1) is 5.76 Å². The number of pyridine rings is 8. The average Bonchev–Trinajstić information content (AvgIpc) is 0.825. The molecule has 19 aromatic rings. The minimum absolute atomic E-state index is 0. The Bertz CT molecular complexity index is 6060. The van der Waals surface area contributed by atoms with Crippen LogP contribution >= 0.6 is 0 Å². The Balaban J connectivity index is 0.000000238. The minimum Gasteiger partial charge on any atom is -0.512 e. The molecule has 0 saturated heterocycles. The van der Waals surface area contributed by atoms with Gasteiger partial charge in [0.15, 0.2) is 5.78 Å². The van der Waals surface area contributed by atoms with Gasteiger partial charge in [-0.1, -0.05) is 189 Å². The van der Waals surface area contributed by atoms with E-state index in [9.17, 15) is 4.79 Å². The normalized spacial score (nSPS) is 9.89. The van der Waals surface area contributed by atoms with E-state index in [4.69, 9.17) is 5.11 Å². The van der Waals surface area contributed by atoms with Crippen LogP contribution in [0.4, 0.5) is 0 Å². The van der Waals surface area contributed by atoms with E-state index < -0.39 is 0 Å². The largest absolute Gasteiger partial charge is 0.512 e. The summed E-state index contributed by atoms with van der Waals surface area (Å²) in [6, 6.07) is 141. The monoisotopic (exact) mass is 2680 g/mol. The fourth-order valence-corrected chi connectivity index (χ4v) is 13.4. The molecule has 137 heavy (non-hydrogen) atoms. The molecule has 19 rings (SSSR count). The molecule has 0 aliphatic rings. The van der Waals surface area contributed by atoms with Crippen molar-refractivity contribution in [3.8, 4) is 123 Å². The van der Waals surface area contributed by atoms with Gasteiger partial charge in [0.1, 0.15) is 0 Å². The summed E-state index contributed by atoms with van der Waals surface area (Å²) in [5, 5.41) is 8.36. The summed E-state index contributed by atoms with van der Waals surface area (Å²) >= 11 is 0. The summed E-state index contributed by atoms with van der Waals surface area (Å²) in [4.78, 5) is 44.9. The minimum atomic E-state index is -0.125. The van der Waals surface area contributed by atoms with E-state index >= 15 is 0 Å². The standard InChI is InChI=1S/2C19H16N.C18H14N.3C13H12N.2C11H8N.C5H8O2.5Ir/c2*1-14-10-15(2)12-18(11-14)17-8-9-20-19(13-17)16-6-4-3-5-7-16;1-14-12-18(16-10-6-3-7-11-16)19-13-17(14)15-8-4-2-5-9-15;3*1-10-3-6-12(7-4-10)13-8-5-11(2)9-14-13;2*1-2-6-10(7-3-1)11-8-4-5-9-12-11;1-4(6)3-5(2)7;;;;;/h2*3-6,8-13H,1-2H3;2-10,12-13H,1H3;3*3-6,8-9H,1-2H3;2*1-6,8-9H;3,6H,1-2H3;;;;;/q8*-1;;;;;;. The maximum atomic E-state index is 10.0. The van der Waals surface area contributed by atoms with Gasteiger partial charge in [-0.25, -0.2) is 0 Å². The molecule has 0 amide bonds. The summed E-state index contributed by atoms with van der Waals surface area (Å²) in [5.41, 5.74) is 36.9. The maximum Gasteiger partial charge on any atom is 0.155 e. The van der Waals surface area contributed by atoms with E-state index in [1.165, 1.54) is 115 Å². The second-order valence-electron chi connectivity index (χ2n) is 31.6. The van der Waals surface area contributed by atoms with Crippen molar-refractivity contribution in [1.29, 1.82) is 0 Å². The fraction of sp³-hybridized carbons (Fsp3) is 0.107. The van der Waals surface area contributed by atoms with Gasteiger partial charge in [0.2, 0.25) is 0 Å². The van der Waals surface area contributed by atoms with E-state index in [0.717, 1.165) is 90.1 Å². The summed E-state index contributed by atoms with van der Waals surface area (Å²) in [6.07, 6.45) is 16.1. The predicted molar refractivity (Wildman–Crippen MR) is 544 cm³/mol. The Morgan fingerprint density at radius 2 is 0.518 bits per heavy atom. The van der Waals surface area contributed by atoms with Crippen LogP contribution in [-0.2, 0) is 105 Å². The van der Waals surface area contributed by atoms with Crippen molar-refractivity contribution in [2.45, 2.75) is 90.0 Å². The number of rotatable bonds is 12. The third-order valence-corrected chi connectivity index (χ3v) is 20.0. The van der Waals surface area contributed by atoms with Crippen molar-refractivity contribution in [3.63, 3.8) is 0 Å². The molecule has 10 nitrogen and oxygen atoms in total. The molecule has 699 valence electrons. The maximum absolute atomic E-state index is 10.0. The average molecular weight is 2680 g/mol. The van der Waals surface area contributed by atoms with Gasteiger partial charge in [-0.2, -0.15) is 0 Å². The zero-order valence-corrected chi connectivity index (χ0v) is 90.7. The predicted octanol–water partition coefficient (Wildman–Crippen LogP) is 29.8. The van der Waals surface area contributed by atoms with Crippen LogP contribution in [0.2, 0.25) is 0 Å². The summed E-state index contributed by atoms with van der Waals surface area (Å²) in [6.45, 7) is 25.8. The number of allylic oxidation sites excluding steroid dienone is 2. The number of carbonyl (C=O) groups excluding carboxylic acids is 1. The molecular formula is C122H106Ir5N8O2-8. The van der Waals surface area contributed by atoms with Crippen molar-refractivity contribution >= 4 is 5.78 Å². The molecule has 0 atom stereocenters. The first kappa shape index (κ1) is 113. The Morgan fingerprint density at radius 3 is 0.781 bits per heavy atom. The van der Waals surface area contributed by atoms with Crippen molar-refractivity contribution in [2.75, 3.05) is 0 Å². The van der Waals surface area contributed by atoms with Gasteiger partial charge in [0, 0.05) is 162 Å². The number of aliphatic hydroxyl groups is 1. The second-order valence-corrected chi connectivity index (χ2v) is 31.6. The topological polar surface area (TPSA) is 140 Å². The summed E-state index contributed by atoms with van der Waals surface area (Å²) < 4.78 is 0. The molecule has 5 radical (unpaired) electrons. The van der Waals surface area contributed by atoms with Crippen LogP contribution in [0.1, 0.15) is 75.0 Å². The quantitative estimate of drug-likeness (QED) is 0.0714. The van der Waals surface area contributed by atoms with Crippen LogP contribution in [0.15, 0.2) is 407 Å². The molecule has 0 saturated carbocycles. The first-order valence-electron chi connectivity index (χ1n) is 43.5. The van der Waals surface area contributed by atoms with Crippen molar-refractivity contribution in [1.82, 2.24) is 39.9 Å². The Hall–Kier alpha value is -12.9. The molecule has 0 fully saturated rings. The van der Waals surface area contributed by atoms with Crippen LogP contribution in [0.5, 0.6) is 0 Å². The van der Waals surface area contributed by atoms with Crippen LogP contribution in [0, 0.1) is 125 Å². The van der Waals surface area contributed by atoms with Gasteiger partial charge in [-0.15, -0.1) is 286 Å². The van der Waals surface area contributed by atoms with E-state index in [2.05, 4.69) is 259 Å². The summed E-state index contributed by atoms with van der Waals surface area (Å²) in [7, 11) is 0. The molecule has 15 heteroatoms. The number of aliphatic hydroxyl groups excluding tert-OH is 1. The van der Waals surface area contributed by atoms with E-state index in [-0.39, 0.29) is 112 Å². The molecule has 1 N–H and O–H groups in total. The third kappa shape index (κ3) is 38.6. The molecule has 8 heterocycles. The number of benzene rings is 11. The van der Waals surface area contributed by atoms with E-state index in [1.807, 2.05) is 288 Å². The van der Waals surface area contributed by atoms with Crippen LogP contribution < -0.4 is 0 Å². The number of hydrogen-bond donors (Lipinski definition) is 1. The molecule has 0 spiro atoms. The van der Waals surface area contributed by atoms with Gasteiger partial charge < -0.3 is 45.0 Å². The number of ketones is 1. The molecule has 8 aromatic heterocycles. The van der Waals surface area contributed by atoms with Gasteiger partial charge in [-0.3, -0.25) is 4.79 Å². The van der Waals surface area contributed by atoms with E-state index in [0.29, 0.717) is 0 Å². The second kappa shape index (κ2) is 60.5.